The summed E-state index contributed by atoms with van der Waals surface area (Å²) in [5.74, 6) is -1.10. The second-order valence-corrected chi connectivity index (χ2v) is 6.73. The van der Waals surface area contributed by atoms with E-state index in [-0.39, 0.29) is 28.6 Å². The van der Waals surface area contributed by atoms with Crippen molar-refractivity contribution in [2.45, 2.75) is 18.9 Å². The Morgan fingerprint density at radius 3 is 2.15 bits per heavy atom. The fourth-order valence-corrected chi connectivity index (χ4v) is 3.06. The average Bonchev–Trinajstić information content (AvgIpc) is 3.34. The van der Waals surface area contributed by atoms with E-state index in [1.807, 2.05) is 0 Å². The number of hydrogen-bond acceptors (Lipinski definition) is 6. The van der Waals surface area contributed by atoms with E-state index in [9.17, 15) is 14.4 Å². The van der Waals surface area contributed by atoms with Crippen molar-refractivity contribution in [3.63, 3.8) is 0 Å². The average molecular weight is 373 g/mol. The maximum absolute atomic E-state index is 12.4. The van der Waals surface area contributed by atoms with Crippen molar-refractivity contribution in [2.75, 3.05) is 24.7 Å². The molecule has 0 unspecified atom stereocenters. The molecule has 0 aliphatic heterocycles. The third-order valence-corrected chi connectivity index (χ3v) is 4.58. The van der Waals surface area contributed by atoms with Crippen LogP contribution in [-0.2, 0) is 0 Å². The smallest absolute Gasteiger partial charge is 0.275 e. The second kappa shape index (κ2) is 7.52. The molecule has 1 aliphatic rings. The Morgan fingerprint density at radius 2 is 1.62 bits per heavy atom. The lowest BCUT2D eigenvalue weighted by Crippen LogP contribution is -2.22. The van der Waals surface area contributed by atoms with Gasteiger partial charge in [0.1, 0.15) is 5.69 Å². The molecule has 1 saturated carbocycles. The number of carbonyl (C=O) groups is 3. The van der Waals surface area contributed by atoms with Crippen LogP contribution in [0.4, 0.5) is 10.8 Å². The topological polar surface area (TPSA) is 112 Å². The molecule has 26 heavy (non-hydrogen) atoms. The summed E-state index contributed by atoms with van der Waals surface area (Å²) in [6.07, 6.45) is 2.24. The highest BCUT2D eigenvalue weighted by molar-refractivity contribution is 7.13. The molecule has 3 amide bonds. The first-order chi connectivity index (χ1) is 12.5. The molecule has 1 fully saturated rings. The van der Waals surface area contributed by atoms with Crippen LogP contribution in [0.25, 0.3) is 0 Å². The van der Waals surface area contributed by atoms with Crippen molar-refractivity contribution in [3.05, 3.63) is 40.4 Å². The third kappa shape index (κ3) is 4.17. The molecule has 136 valence electrons. The van der Waals surface area contributed by atoms with E-state index in [4.69, 9.17) is 0 Å². The van der Waals surface area contributed by atoms with Crippen LogP contribution in [-0.4, -0.2) is 42.8 Å². The van der Waals surface area contributed by atoms with Crippen molar-refractivity contribution in [2.24, 2.45) is 0 Å². The van der Waals surface area contributed by atoms with Crippen molar-refractivity contribution in [3.8, 4) is 0 Å². The zero-order valence-corrected chi connectivity index (χ0v) is 15.2. The highest BCUT2D eigenvalue weighted by Gasteiger charge is 2.23. The molecule has 3 rings (SSSR count). The molecule has 0 atom stereocenters. The minimum absolute atomic E-state index is 0.276. The van der Waals surface area contributed by atoms with E-state index in [2.05, 4.69) is 26.3 Å². The molecule has 0 bridgehead atoms. The van der Waals surface area contributed by atoms with Crippen LogP contribution in [0.2, 0.25) is 0 Å². The second-order valence-electron chi connectivity index (χ2n) is 5.87. The zero-order valence-electron chi connectivity index (χ0n) is 14.4. The van der Waals surface area contributed by atoms with Gasteiger partial charge < -0.3 is 21.3 Å². The van der Waals surface area contributed by atoms with Gasteiger partial charge in [0.2, 0.25) is 0 Å². The van der Waals surface area contributed by atoms with Crippen molar-refractivity contribution < 1.29 is 14.4 Å². The predicted molar refractivity (Wildman–Crippen MR) is 99.9 cm³/mol. The van der Waals surface area contributed by atoms with Gasteiger partial charge in [-0.1, -0.05) is 0 Å². The maximum Gasteiger partial charge on any atom is 0.275 e. The summed E-state index contributed by atoms with van der Waals surface area (Å²) in [5.41, 5.74) is 1.18. The van der Waals surface area contributed by atoms with Gasteiger partial charge in [-0.3, -0.25) is 14.4 Å². The lowest BCUT2D eigenvalue weighted by atomic mass is 10.1. The largest absolute Gasteiger partial charge is 0.359 e. The molecule has 9 heteroatoms. The van der Waals surface area contributed by atoms with E-state index in [0.717, 1.165) is 12.8 Å². The van der Waals surface area contributed by atoms with E-state index in [1.54, 1.807) is 5.38 Å². The minimum atomic E-state index is -0.401. The van der Waals surface area contributed by atoms with Gasteiger partial charge in [-0.2, -0.15) is 0 Å². The summed E-state index contributed by atoms with van der Waals surface area (Å²) >= 11 is 1.37. The van der Waals surface area contributed by atoms with E-state index >= 15 is 0 Å². The molecular weight excluding hydrogens is 354 g/mol. The predicted octanol–water partition coefficient (Wildman–Crippen LogP) is 1.69. The minimum Gasteiger partial charge on any atom is -0.359 e. The molecule has 0 spiro atoms. The highest BCUT2D eigenvalue weighted by atomic mass is 32.1. The van der Waals surface area contributed by atoms with Gasteiger partial charge in [0.15, 0.2) is 5.13 Å². The Balaban J connectivity index is 1.80. The summed E-state index contributed by atoms with van der Waals surface area (Å²) in [5, 5.41) is 13.3. The van der Waals surface area contributed by atoms with Crippen LogP contribution in [0.15, 0.2) is 23.6 Å². The first-order valence-corrected chi connectivity index (χ1v) is 9.00. The van der Waals surface area contributed by atoms with Crippen molar-refractivity contribution in [1.82, 2.24) is 15.6 Å². The van der Waals surface area contributed by atoms with Gasteiger partial charge in [-0.25, -0.2) is 4.98 Å². The number of hydrogen-bond donors (Lipinski definition) is 4. The third-order valence-electron chi connectivity index (χ3n) is 3.81. The monoisotopic (exact) mass is 373 g/mol. The summed E-state index contributed by atoms with van der Waals surface area (Å²) in [4.78, 5) is 40.5. The molecule has 8 nitrogen and oxygen atoms in total. The number of nitrogens with one attached hydrogen (secondary N) is 4. The number of carbonyl (C=O) groups excluding carboxylic acids is 3. The molecule has 2 aromatic rings. The summed E-state index contributed by atoms with van der Waals surface area (Å²) in [7, 11) is 2.99. The molecule has 0 radical (unpaired) electrons. The molecule has 1 aliphatic carbocycles. The molecular formula is C17H19N5O3S. The first kappa shape index (κ1) is 17.9. The Bertz CT molecular complexity index is 826. The number of aromatic nitrogens is 1. The first-order valence-electron chi connectivity index (χ1n) is 8.13. The van der Waals surface area contributed by atoms with Crippen LogP contribution in [0.1, 0.15) is 44.0 Å². The van der Waals surface area contributed by atoms with Crippen LogP contribution in [0, 0.1) is 0 Å². The lowest BCUT2D eigenvalue weighted by Gasteiger charge is -2.09. The Labute approximate surface area is 154 Å². The van der Waals surface area contributed by atoms with Gasteiger partial charge in [0.05, 0.1) is 0 Å². The van der Waals surface area contributed by atoms with Gasteiger partial charge in [-0.05, 0) is 31.0 Å². The fraction of sp³-hybridized carbons (Fsp3) is 0.294. The summed E-state index contributed by atoms with van der Waals surface area (Å²) in [6.45, 7) is 0. The number of rotatable bonds is 6. The quantitative estimate of drug-likeness (QED) is 0.616. The summed E-state index contributed by atoms with van der Waals surface area (Å²) < 4.78 is 0. The number of benzene rings is 1. The Hall–Kier alpha value is -2.94. The molecule has 4 N–H and O–H groups in total. The van der Waals surface area contributed by atoms with E-state index < -0.39 is 5.91 Å². The normalized spacial score (nSPS) is 13.0. The van der Waals surface area contributed by atoms with E-state index in [1.165, 1.54) is 43.6 Å². The van der Waals surface area contributed by atoms with Gasteiger partial charge >= 0.3 is 0 Å². The number of amides is 3. The summed E-state index contributed by atoms with van der Waals surface area (Å²) in [6, 6.07) is 4.95. The maximum atomic E-state index is 12.4. The Kier molecular flexibility index (Phi) is 5.17. The standard InChI is InChI=1S/C17H19N5O3S/c1-18-14(23)9-5-10(15(24)19-2)7-12(6-9)20-16(25)13-8-26-17(22-13)21-11-3-4-11/h5-8,11H,3-4H2,1-2H3,(H,18,23)(H,19,24)(H,20,25)(H,21,22). The molecule has 1 heterocycles. The van der Waals surface area contributed by atoms with Crippen LogP contribution < -0.4 is 21.3 Å². The number of nitrogens with zero attached hydrogens (tertiary/aromatic N) is 1. The van der Waals surface area contributed by atoms with Crippen molar-refractivity contribution in [1.29, 1.82) is 0 Å². The van der Waals surface area contributed by atoms with Crippen LogP contribution >= 0.6 is 11.3 Å². The van der Waals surface area contributed by atoms with Crippen LogP contribution in [0.3, 0.4) is 0 Å². The number of anilines is 2. The van der Waals surface area contributed by atoms with Crippen LogP contribution in [0.5, 0.6) is 0 Å². The zero-order chi connectivity index (χ0) is 18.7. The Morgan fingerprint density at radius 1 is 1.00 bits per heavy atom. The van der Waals surface area contributed by atoms with Gasteiger partial charge in [0, 0.05) is 42.3 Å². The highest BCUT2D eigenvalue weighted by Crippen LogP contribution is 2.27. The lowest BCUT2D eigenvalue weighted by molar-refractivity contribution is 0.0960. The van der Waals surface area contributed by atoms with Gasteiger partial charge in [0.25, 0.3) is 17.7 Å². The van der Waals surface area contributed by atoms with Crippen molar-refractivity contribution >= 4 is 39.9 Å². The number of thiazole rings is 1. The molecule has 1 aromatic heterocycles. The molecule has 0 saturated heterocycles. The van der Waals surface area contributed by atoms with Gasteiger partial charge in [-0.15, -0.1) is 11.3 Å². The fourth-order valence-electron chi connectivity index (χ4n) is 2.29. The van der Waals surface area contributed by atoms with E-state index in [0.29, 0.717) is 16.9 Å². The molecule has 1 aromatic carbocycles. The SMILES string of the molecule is CNC(=O)c1cc(NC(=O)c2csc(NC3CC3)n2)cc(C(=O)NC)c1.